The lowest BCUT2D eigenvalue weighted by molar-refractivity contribution is -0.384. The van der Waals surface area contributed by atoms with Gasteiger partial charge in [0.2, 0.25) is 5.91 Å². The second kappa shape index (κ2) is 9.39. The highest BCUT2D eigenvalue weighted by atomic mass is 19.4. The average molecular weight is 491 g/mol. The summed E-state index contributed by atoms with van der Waals surface area (Å²) in [6, 6.07) is 4.91. The molecule has 0 aliphatic carbocycles. The second-order valence-electron chi connectivity index (χ2n) is 7.62. The molecule has 184 valence electrons. The molecule has 3 rings (SSSR count). The monoisotopic (exact) mass is 491 g/mol. The topological polar surface area (TPSA) is 84.7 Å². The first-order chi connectivity index (χ1) is 15.8. The van der Waals surface area contributed by atoms with Crippen LogP contribution in [0.4, 0.5) is 43.4 Å². The minimum absolute atomic E-state index is 0.00333. The number of ether oxygens (including phenoxy) is 1. The maximum Gasteiger partial charge on any atom is 0.416 e. The maximum atomic E-state index is 13.0. The lowest BCUT2D eigenvalue weighted by atomic mass is 9.95. The van der Waals surface area contributed by atoms with Gasteiger partial charge in [0.15, 0.2) is 0 Å². The van der Waals surface area contributed by atoms with E-state index in [1.807, 2.05) is 0 Å². The minimum atomic E-state index is -4.74. The smallest absolute Gasteiger partial charge is 0.416 e. The van der Waals surface area contributed by atoms with Crippen molar-refractivity contribution in [2.45, 2.75) is 25.2 Å². The number of benzene rings is 2. The standard InChI is InChI=1S/C21H19F6N3O4/c1-34-18-5-3-13(20(22,23)24)10-15(18)28-19(31)12-6-8-29(9-7-12)16-4-2-14(21(25,26)27)11-17(16)30(32)33/h2-5,10-12H,6-9H2,1H3,(H,28,31). The van der Waals surface area contributed by atoms with E-state index in [1.54, 1.807) is 0 Å². The first-order valence-electron chi connectivity index (χ1n) is 9.98. The Morgan fingerprint density at radius 1 is 1.03 bits per heavy atom. The molecule has 0 saturated carbocycles. The van der Waals surface area contributed by atoms with Crippen molar-refractivity contribution in [3.63, 3.8) is 0 Å². The van der Waals surface area contributed by atoms with E-state index in [4.69, 9.17) is 4.74 Å². The van der Waals surface area contributed by atoms with E-state index in [0.29, 0.717) is 6.07 Å². The van der Waals surface area contributed by atoms with Gasteiger partial charge in [0.25, 0.3) is 5.69 Å². The number of anilines is 2. The van der Waals surface area contributed by atoms with Gasteiger partial charge in [0.05, 0.1) is 28.8 Å². The molecular weight excluding hydrogens is 472 g/mol. The van der Waals surface area contributed by atoms with Crippen LogP contribution in [0.25, 0.3) is 0 Å². The highest BCUT2D eigenvalue weighted by Crippen LogP contribution is 2.38. The predicted octanol–water partition coefficient (Wildman–Crippen LogP) is 5.50. The molecule has 0 atom stereocenters. The fourth-order valence-electron chi connectivity index (χ4n) is 3.71. The van der Waals surface area contributed by atoms with Crippen LogP contribution in [0.2, 0.25) is 0 Å². The van der Waals surface area contributed by atoms with Crippen molar-refractivity contribution in [1.82, 2.24) is 0 Å². The Kier molecular flexibility index (Phi) is 6.94. The van der Waals surface area contributed by atoms with Crippen molar-refractivity contribution in [1.29, 1.82) is 0 Å². The molecule has 1 saturated heterocycles. The molecule has 34 heavy (non-hydrogen) atoms. The molecule has 1 fully saturated rings. The summed E-state index contributed by atoms with van der Waals surface area (Å²) in [5, 5.41) is 13.8. The van der Waals surface area contributed by atoms with Crippen LogP contribution in [0.5, 0.6) is 5.75 Å². The van der Waals surface area contributed by atoms with Crippen LogP contribution in [-0.4, -0.2) is 31.0 Å². The quantitative estimate of drug-likeness (QED) is 0.340. The van der Waals surface area contributed by atoms with Gasteiger partial charge in [0.1, 0.15) is 11.4 Å². The van der Waals surface area contributed by atoms with Crippen LogP contribution >= 0.6 is 0 Å². The molecular formula is C21H19F6N3O4. The number of amides is 1. The Bertz CT molecular complexity index is 1080. The summed E-state index contributed by atoms with van der Waals surface area (Å²) >= 11 is 0. The van der Waals surface area contributed by atoms with Crippen LogP contribution in [0.15, 0.2) is 36.4 Å². The molecule has 13 heteroatoms. The molecule has 0 unspecified atom stereocenters. The number of halogens is 6. The second-order valence-corrected chi connectivity index (χ2v) is 7.62. The fourth-order valence-corrected chi connectivity index (χ4v) is 3.71. The predicted molar refractivity (Wildman–Crippen MR) is 110 cm³/mol. The molecule has 0 spiro atoms. The number of nitrogens with zero attached hydrogens (tertiary/aromatic N) is 2. The molecule has 1 heterocycles. The Labute approximate surface area is 189 Å². The summed E-state index contributed by atoms with van der Waals surface area (Å²) in [6.45, 7) is 0.258. The summed E-state index contributed by atoms with van der Waals surface area (Å²) in [5.74, 6) is -1.14. The van der Waals surface area contributed by atoms with Crippen LogP contribution in [-0.2, 0) is 17.1 Å². The number of hydrogen-bond donors (Lipinski definition) is 1. The highest BCUT2D eigenvalue weighted by Gasteiger charge is 2.35. The number of carbonyl (C=O) groups is 1. The molecule has 0 bridgehead atoms. The van der Waals surface area contributed by atoms with Gasteiger partial charge in [-0.25, -0.2) is 0 Å². The third-order valence-corrected chi connectivity index (χ3v) is 5.49. The molecule has 1 aliphatic heterocycles. The van der Waals surface area contributed by atoms with Gasteiger partial charge >= 0.3 is 12.4 Å². The summed E-state index contributed by atoms with van der Waals surface area (Å²) in [6.07, 6.45) is -8.98. The maximum absolute atomic E-state index is 13.0. The van der Waals surface area contributed by atoms with E-state index in [-0.39, 0.29) is 43.1 Å². The summed E-state index contributed by atoms with van der Waals surface area (Å²) in [5.41, 5.74) is -2.97. The summed E-state index contributed by atoms with van der Waals surface area (Å²) < 4.78 is 82.8. The van der Waals surface area contributed by atoms with Gasteiger partial charge in [-0.05, 0) is 43.2 Å². The summed E-state index contributed by atoms with van der Waals surface area (Å²) in [7, 11) is 1.24. The third-order valence-electron chi connectivity index (χ3n) is 5.49. The normalized spacial score (nSPS) is 15.2. The molecule has 2 aromatic carbocycles. The van der Waals surface area contributed by atoms with Crippen molar-refractivity contribution in [3.8, 4) is 5.75 Å². The first-order valence-corrected chi connectivity index (χ1v) is 9.98. The SMILES string of the molecule is COc1ccc(C(F)(F)F)cc1NC(=O)C1CCN(c2ccc(C(F)(F)F)cc2[N+](=O)[O-])CC1. The number of piperidine rings is 1. The molecule has 2 aromatic rings. The van der Waals surface area contributed by atoms with Crippen molar-refractivity contribution >= 4 is 23.0 Å². The largest absolute Gasteiger partial charge is 0.495 e. The van der Waals surface area contributed by atoms with Gasteiger partial charge in [-0.15, -0.1) is 0 Å². The van der Waals surface area contributed by atoms with Crippen LogP contribution in [0.3, 0.4) is 0 Å². The molecule has 0 radical (unpaired) electrons. The zero-order valence-electron chi connectivity index (χ0n) is 17.7. The molecule has 7 nitrogen and oxygen atoms in total. The molecule has 1 aliphatic rings. The zero-order valence-corrected chi connectivity index (χ0v) is 17.7. The number of hydrogen-bond acceptors (Lipinski definition) is 5. The molecule has 0 aromatic heterocycles. The van der Waals surface area contributed by atoms with Gasteiger partial charge in [-0.1, -0.05) is 0 Å². The number of nitro benzene ring substituents is 1. The highest BCUT2D eigenvalue weighted by molar-refractivity contribution is 5.94. The van der Waals surface area contributed by atoms with Gasteiger partial charge in [0, 0.05) is 25.1 Å². The fraction of sp³-hybridized carbons (Fsp3) is 0.381. The molecule has 1 N–H and O–H groups in total. The van der Waals surface area contributed by atoms with Crippen LogP contribution in [0.1, 0.15) is 24.0 Å². The summed E-state index contributed by atoms with van der Waals surface area (Å²) in [4.78, 5) is 24.6. The first kappa shape index (κ1) is 25.1. The number of carbonyl (C=O) groups excluding carboxylic acids is 1. The lowest BCUT2D eigenvalue weighted by Gasteiger charge is -2.32. The Balaban J connectivity index is 1.72. The van der Waals surface area contributed by atoms with E-state index in [2.05, 4.69) is 5.32 Å². The number of alkyl halides is 6. The van der Waals surface area contributed by atoms with Gasteiger partial charge < -0.3 is 15.0 Å². The van der Waals surface area contributed by atoms with Gasteiger partial charge in [-0.2, -0.15) is 26.3 Å². The van der Waals surface area contributed by atoms with Crippen molar-refractivity contribution in [2.75, 3.05) is 30.4 Å². The van der Waals surface area contributed by atoms with E-state index in [9.17, 15) is 41.3 Å². The number of methoxy groups -OCH3 is 1. The number of rotatable bonds is 5. The van der Waals surface area contributed by atoms with Crippen LogP contribution in [0, 0.1) is 16.0 Å². The lowest BCUT2D eigenvalue weighted by Crippen LogP contribution is -2.38. The van der Waals surface area contributed by atoms with Crippen molar-refractivity contribution in [2.24, 2.45) is 5.92 Å². The van der Waals surface area contributed by atoms with Crippen molar-refractivity contribution in [3.05, 3.63) is 57.6 Å². The third kappa shape index (κ3) is 5.51. The number of nitro groups is 1. The minimum Gasteiger partial charge on any atom is -0.495 e. The average Bonchev–Trinajstić information content (AvgIpc) is 2.77. The van der Waals surface area contributed by atoms with E-state index < -0.39 is 45.9 Å². The van der Waals surface area contributed by atoms with Crippen molar-refractivity contribution < 1.29 is 40.8 Å². The Hall–Kier alpha value is -3.51. The zero-order chi connectivity index (χ0) is 25.3. The van der Waals surface area contributed by atoms with E-state index >= 15 is 0 Å². The van der Waals surface area contributed by atoms with Gasteiger partial charge in [-0.3, -0.25) is 14.9 Å². The molecule has 1 amide bonds. The Morgan fingerprint density at radius 2 is 1.59 bits per heavy atom. The number of nitrogens with one attached hydrogen (secondary N) is 1. The Morgan fingerprint density at radius 3 is 2.12 bits per heavy atom. The van der Waals surface area contributed by atoms with E-state index in [0.717, 1.165) is 30.3 Å². The van der Waals surface area contributed by atoms with Crippen LogP contribution < -0.4 is 15.0 Å². The van der Waals surface area contributed by atoms with E-state index in [1.165, 1.54) is 12.0 Å².